The van der Waals surface area contributed by atoms with Crippen molar-refractivity contribution < 1.29 is 4.74 Å². The first-order valence-corrected chi connectivity index (χ1v) is 5.05. The third-order valence-electron chi connectivity index (χ3n) is 2.24. The predicted molar refractivity (Wildman–Crippen MR) is 53.5 cm³/mol. The number of hydrogen-bond donors (Lipinski definition) is 1. The van der Waals surface area contributed by atoms with Gasteiger partial charge in [0.25, 0.3) is 0 Å². The molecule has 0 aliphatic carbocycles. The molecule has 4 nitrogen and oxygen atoms in total. The van der Waals surface area contributed by atoms with Crippen LogP contribution in [0.1, 0.15) is 6.42 Å². The second-order valence-corrected chi connectivity index (χ2v) is 3.75. The van der Waals surface area contributed by atoms with Gasteiger partial charge in [0, 0.05) is 18.5 Å². The molecule has 76 valence electrons. The highest BCUT2D eigenvalue weighted by atomic mass is 35.5. The van der Waals surface area contributed by atoms with Crippen LogP contribution in [0.3, 0.4) is 0 Å². The van der Waals surface area contributed by atoms with Gasteiger partial charge in [-0.2, -0.15) is 0 Å². The van der Waals surface area contributed by atoms with Crippen molar-refractivity contribution in [3.05, 3.63) is 17.3 Å². The van der Waals surface area contributed by atoms with Crippen LogP contribution in [-0.4, -0.2) is 29.9 Å². The van der Waals surface area contributed by atoms with Crippen LogP contribution in [-0.2, 0) is 0 Å². The number of ether oxygens (including phenoxy) is 1. The first-order chi connectivity index (χ1) is 6.84. The molecule has 1 aromatic rings. The van der Waals surface area contributed by atoms with Crippen molar-refractivity contribution in [2.24, 2.45) is 5.92 Å². The second-order valence-electron chi connectivity index (χ2n) is 3.36. The smallest absolute Gasteiger partial charge is 0.233 e. The Labute approximate surface area is 87.6 Å². The predicted octanol–water partition coefficient (Wildman–Crippen LogP) is 1.12. The summed E-state index contributed by atoms with van der Waals surface area (Å²) in [5.41, 5.74) is 0. The van der Waals surface area contributed by atoms with Gasteiger partial charge in [0.2, 0.25) is 5.88 Å². The largest absolute Gasteiger partial charge is 0.476 e. The molecule has 14 heavy (non-hydrogen) atoms. The van der Waals surface area contributed by atoms with Crippen molar-refractivity contribution in [3.63, 3.8) is 0 Å². The Morgan fingerprint density at radius 3 is 3.07 bits per heavy atom. The zero-order valence-corrected chi connectivity index (χ0v) is 8.50. The number of rotatable bonds is 3. The van der Waals surface area contributed by atoms with Crippen LogP contribution in [0.25, 0.3) is 0 Å². The molecule has 2 rings (SSSR count). The molecule has 2 heterocycles. The molecule has 1 N–H and O–H groups in total. The van der Waals surface area contributed by atoms with Gasteiger partial charge in [-0.1, -0.05) is 11.6 Å². The number of nitrogens with one attached hydrogen (secondary N) is 1. The molecule has 0 bridgehead atoms. The SMILES string of the molecule is Clc1ccc(OCC2CCNC2)nn1. The zero-order chi connectivity index (χ0) is 9.80. The van der Waals surface area contributed by atoms with E-state index in [1.165, 1.54) is 6.42 Å². The molecule has 1 saturated heterocycles. The van der Waals surface area contributed by atoms with E-state index in [2.05, 4.69) is 15.5 Å². The first-order valence-electron chi connectivity index (χ1n) is 4.67. The summed E-state index contributed by atoms with van der Waals surface area (Å²) < 4.78 is 5.47. The molecule has 0 radical (unpaired) electrons. The lowest BCUT2D eigenvalue weighted by Crippen LogP contribution is -2.15. The minimum atomic E-state index is 0.389. The summed E-state index contributed by atoms with van der Waals surface area (Å²) in [5.74, 6) is 1.13. The monoisotopic (exact) mass is 213 g/mol. The summed E-state index contributed by atoms with van der Waals surface area (Å²) >= 11 is 5.60. The summed E-state index contributed by atoms with van der Waals surface area (Å²) in [7, 11) is 0. The molecule has 1 unspecified atom stereocenters. The van der Waals surface area contributed by atoms with E-state index in [1.54, 1.807) is 12.1 Å². The Kier molecular flexibility index (Phi) is 3.16. The quantitative estimate of drug-likeness (QED) is 0.818. The van der Waals surface area contributed by atoms with Crippen LogP contribution in [0.2, 0.25) is 5.15 Å². The molecule has 1 aliphatic heterocycles. The fourth-order valence-corrected chi connectivity index (χ4v) is 1.54. The highest BCUT2D eigenvalue weighted by Crippen LogP contribution is 2.12. The third-order valence-corrected chi connectivity index (χ3v) is 2.44. The molecule has 0 spiro atoms. The van der Waals surface area contributed by atoms with Gasteiger partial charge in [0.15, 0.2) is 5.15 Å². The number of hydrogen-bond acceptors (Lipinski definition) is 4. The van der Waals surface area contributed by atoms with Gasteiger partial charge in [-0.15, -0.1) is 10.2 Å². The van der Waals surface area contributed by atoms with Crippen LogP contribution in [0.15, 0.2) is 12.1 Å². The summed E-state index contributed by atoms with van der Waals surface area (Å²) in [6, 6.07) is 3.41. The number of nitrogens with zero attached hydrogens (tertiary/aromatic N) is 2. The van der Waals surface area contributed by atoms with E-state index in [1.807, 2.05) is 0 Å². The minimum absolute atomic E-state index is 0.389. The highest BCUT2D eigenvalue weighted by Gasteiger charge is 2.14. The molecule has 0 amide bonds. The van der Waals surface area contributed by atoms with E-state index in [0.29, 0.717) is 23.6 Å². The Morgan fingerprint density at radius 1 is 1.50 bits per heavy atom. The first kappa shape index (κ1) is 9.68. The van der Waals surface area contributed by atoms with E-state index >= 15 is 0 Å². The zero-order valence-electron chi connectivity index (χ0n) is 7.74. The van der Waals surface area contributed by atoms with Gasteiger partial charge in [0.1, 0.15) is 0 Å². The van der Waals surface area contributed by atoms with Crippen LogP contribution >= 0.6 is 11.6 Å². The average molecular weight is 214 g/mol. The maximum absolute atomic E-state index is 5.60. The maximum Gasteiger partial charge on any atom is 0.233 e. The summed E-state index contributed by atoms with van der Waals surface area (Å²) in [6.07, 6.45) is 1.17. The van der Waals surface area contributed by atoms with E-state index in [4.69, 9.17) is 16.3 Å². The van der Waals surface area contributed by atoms with Gasteiger partial charge in [-0.25, -0.2) is 0 Å². The molecule has 1 aliphatic rings. The Balaban J connectivity index is 1.82. The lowest BCUT2D eigenvalue weighted by atomic mass is 10.1. The molecule has 1 aromatic heterocycles. The summed E-state index contributed by atoms with van der Waals surface area (Å²) in [6.45, 7) is 2.81. The summed E-state index contributed by atoms with van der Waals surface area (Å²) in [4.78, 5) is 0. The van der Waals surface area contributed by atoms with E-state index < -0.39 is 0 Å². The van der Waals surface area contributed by atoms with E-state index in [0.717, 1.165) is 13.1 Å². The Morgan fingerprint density at radius 2 is 2.43 bits per heavy atom. The van der Waals surface area contributed by atoms with Crippen molar-refractivity contribution >= 4 is 11.6 Å². The maximum atomic E-state index is 5.60. The van der Waals surface area contributed by atoms with Crippen molar-refractivity contribution in [2.75, 3.05) is 19.7 Å². The summed E-state index contributed by atoms with van der Waals surface area (Å²) in [5, 5.41) is 11.2. The van der Waals surface area contributed by atoms with Crippen molar-refractivity contribution in [1.82, 2.24) is 15.5 Å². The van der Waals surface area contributed by atoms with E-state index in [9.17, 15) is 0 Å². The van der Waals surface area contributed by atoms with Gasteiger partial charge >= 0.3 is 0 Å². The van der Waals surface area contributed by atoms with Gasteiger partial charge in [-0.3, -0.25) is 0 Å². The lowest BCUT2D eigenvalue weighted by Gasteiger charge is -2.08. The molecule has 1 atom stereocenters. The molecular weight excluding hydrogens is 202 g/mol. The van der Waals surface area contributed by atoms with Crippen molar-refractivity contribution in [3.8, 4) is 5.88 Å². The molecule has 0 aromatic carbocycles. The van der Waals surface area contributed by atoms with Crippen LogP contribution in [0.4, 0.5) is 0 Å². The second kappa shape index (κ2) is 4.57. The topological polar surface area (TPSA) is 47.0 Å². The van der Waals surface area contributed by atoms with Crippen LogP contribution in [0.5, 0.6) is 5.88 Å². The number of aromatic nitrogens is 2. The number of halogens is 1. The average Bonchev–Trinajstić information content (AvgIpc) is 2.70. The molecular formula is C9H12ClN3O. The molecule has 0 saturated carbocycles. The minimum Gasteiger partial charge on any atom is -0.476 e. The third kappa shape index (κ3) is 2.56. The van der Waals surface area contributed by atoms with Crippen LogP contribution in [0, 0.1) is 5.92 Å². The van der Waals surface area contributed by atoms with Gasteiger partial charge in [-0.05, 0) is 19.0 Å². The van der Waals surface area contributed by atoms with Gasteiger partial charge < -0.3 is 10.1 Å². The fourth-order valence-electron chi connectivity index (χ4n) is 1.44. The Bertz CT molecular complexity index is 285. The standard InChI is InChI=1S/C9H12ClN3O/c10-8-1-2-9(13-12-8)14-6-7-3-4-11-5-7/h1-2,7,11H,3-6H2. The normalized spacial score (nSPS) is 21.1. The highest BCUT2D eigenvalue weighted by molar-refractivity contribution is 6.29. The van der Waals surface area contributed by atoms with Crippen molar-refractivity contribution in [1.29, 1.82) is 0 Å². The van der Waals surface area contributed by atoms with Gasteiger partial charge in [0.05, 0.1) is 6.61 Å². The molecule has 1 fully saturated rings. The van der Waals surface area contributed by atoms with Crippen molar-refractivity contribution in [2.45, 2.75) is 6.42 Å². The van der Waals surface area contributed by atoms with Crippen LogP contribution < -0.4 is 10.1 Å². The lowest BCUT2D eigenvalue weighted by molar-refractivity contribution is 0.248. The molecule has 5 heteroatoms. The fraction of sp³-hybridized carbons (Fsp3) is 0.556. The van der Waals surface area contributed by atoms with E-state index in [-0.39, 0.29) is 0 Å². The Hall–Kier alpha value is -0.870.